The summed E-state index contributed by atoms with van der Waals surface area (Å²) in [5.41, 5.74) is 0.637. The van der Waals surface area contributed by atoms with Gasteiger partial charge in [0.2, 0.25) is 0 Å². The second-order valence-electron chi connectivity index (χ2n) is 4.01. The maximum atomic E-state index is 11.8. The summed E-state index contributed by atoms with van der Waals surface area (Å²) in [7, 11) is 0. The molecule has 0 atom stereocenters. The summed E-state index contributed by atoms with van der Waals surface area (Å²) in [5, 5.41) is 8.85. The van der Waals surface area contributed by atoms with Crippen LogP contribution in [-0.2, 0) is 4.89 Å². The molecule has 104 valence electrons. The van der Waals surface area contributed by atoms with Gasteiger partial charge in [0, 0.05) is 11.6 Å². The molecule has 2 aromatic carbocycles. The molecular formula is C16H10O5. The number of hydrogen-bond donors (Lipinski definition) is 1. The lowest BCUT2D eigenvalue weighted by molar-refractivity contribution is -0.149. The first-order chi connectivity index (χ1) is 10.1. The van der Waals surface area contributed by atoms with Crippen LogP contribution in [0, 0.1) is 12.3 Å². The molecule has 2 aromatic rings. The number of carbonyl (C=O) groups excluding carboxylic acids is 1. The van der Waals surface area contributed by atoms with Gasteiger partial charge in [0.25, 0.3) is 0 Å². The molecule has 21 heavy (non-hydrogen) atoms. The Kier molecular flexibility index (Phi) is 4.22. The molecule has 0 amide bonds. The lowest BCUT2D eigenvalue weighted by atomic mass is 10.1. The molecule has 2 rings (SSSR count). The predicted molar refractivity (Wildman–Crippen MR) is 73.8 cm³/mol. The van der Waals surface area contributed by atoms with Crippen LogP contribution in [0.2, 0.25) is 0 Å². The van der Waals surface area contributed by atoms with Gasteiger partial charge in [0.05, 0.1) is 11.1 Å². The zero-order valence-corrected chi connectivity index (χ0v) is 10.8. The van der Waals surface area contributed by atoms with Crippen LogP contribution in [0.4, 0.5) is 0 Å². The second-order valence-corrected chi connectivity index (χ2v) is 4.01. The van der Waals surface area contributed by atoms with Gasteiger partial charge in [-0.3, -0.25) is 4.89 Å². The standard InChI is InChI=1S/C16H10O5/c1-2-11-5-3-8-14(9-11)20-21-16(19)13-7-4-6-12(10-13)15(17)18/h1,3-10H,(H,17,18). The highest BCUT2D eigenvalue weighted by molar-refractivity contribution is 5.94. The minimum Gasteiger partial charge on any atom is -0.478 e. The predicted octanol–water partition coefficient (Wildman–Crippen LogP) is 2.52. The first-order valence-corrected chi connectivity index (χ1v) is 5.89. The molecule has 0 spiro atoms. The number of rotatable bonds is 4. The molecule has 0 unspecified atom stereocenters. The van der Waals surface area contributed by atoms with Crippen molar-refractivity contribution in [3.63, 3.8) is 0 Å². The lowest BCUT2D eigenvalue weighted by Gasteiger charge is -2.05. The van der Waals surface area contributed by atoms with Crippen LogP contribution in [0.25, 0.3) is 0 Å². The van der Waals surface area contributed by atoms with E-state index in [1.807, 2.05) is 0 Å². The van der Waals surface area contributed by atoms with Gasteiger partial charge in [-0.2, -0.15) is 0 Å². The van der Waals surface area contributed by atoms with Gasteiger partial charge in [0.1, 0.15) is 0 Å². The summed E-state index contributed by atoms with van der Waals surface area (Å²) in [6.07, 6.45) is 5.24. The summed E-state index contributed by atoms with van der Waals surface area (Å²) >= 11 is 0. The van der Waals surface area contributed by atoms with E-state index >= 15 is 0 Å². The second kappa shape index (κ2) is 6.26. The van der Waals surface area contributed by atoms with Gasteiger partial charge in [-0.15, -0.1) is 6.42 Å². The Hall–Kier alpha value is -3.26. The molecule has 0 aromatic heterocycles. The molecule has 0 saturated carbocycles. The zero-order chi connectivity index (χ0) is 15.2. The summed E-state index contributed by atoms with van der Waals surface area (Å²) in [6.45, 7) is 0. The fourth-order valence-electron chi connectivity index (χ4n) is 1.55. The average molecular weight is 282 g/mol. The average Bonchev–Trinajstić information content (AvgIpc) is 2.53. The molecule has 0 heterocycles. The highest BCUT2D eigenvalue weighted by atomic mass is 17.2. The summed E-state index contributed by atoms with van der Waals surface area (Å²) in [4.78, 5) is 32.1. The lowest BCUT2D eigenvalue weighted by Crippen LogP contribution is -2.09. The van der Waals surface area contributed by atoms with E-state index in [4.69, 9.17) is 16.4 Å². The van der Waals surface area contributed by atoms with Gasteiger partial charge < -0.3 is 5.11 Å². The Balaban J connectivity index is 2.06. The minimum absolute atomic E-state index is 0.0150. The maximum absolute atomic E-state index is 11.8. The summed E-state index contributed by atoms with van der Waals surface area (Å²) < 4.78 is 0. The molecule has 0 aliphatic heterocycles. The topological polar surface area (TPSA) is 72.8 Å². The van der Waals surface area contributed by atoms with E-state index in [0.717, 1.165) is 0 Å². The molecule has 5 heteroatoms. The smallest absolute Gasteiger partial charge is 0.386 e. The largest absolute Gasteiger partial charge is 0.478 e. The van der Waals surface area contributed by atoms with Gasteiger partial charge in [-0.1, -0.05) is 18.1 Å². The van der Waals surface area contributed by atoms with Crippen LogP contribution < -0.4 is 4.89 Å². The van der Waals surface area contributed by atoms with Gasteiger partial charge in [-0.05, 0) is 30.3 Å². The SMILES string of the molecule is C#Cc1cccc(OOC(=O)c2cccc(C(=O)O)c2)c1. The van der Waals surface area contributed by atoms with E-state index in [0.29, 0.717) is 5.56 Å². The Morgan fingerprint density at radius 2 is 1.76 bits per heavy atom. The van der Waals surface area contributed by atoms with Crippen LogP contribution in [0.5, 0.6) is 5.75 Å². The number of carboxylic acid groups (broad SMARTS) is 1. The third-order valence-electron chi connectivity index (χ3n) is 2.56. The van der Waals surface area contributed by atoms with Crippen molar-refractivity contribution in [2.75, 3.05) is 0 Å². The van der Waals surface area contributed by atoms with Crippen molar-refractivity contribution >= 4 is 11.9 Å². The number of terminal acetylenes is 1. The highest BCUT2D eigenvalue weighted by Gasteiger charge is 2.12. The fourth-order valence-corrected chi connectivity index (χ4v) is 1.55. The summed E-state index contributed by atoms with van der Waals surface area (Å²) in [6, 6.07) is 11.9. The van der Waals surface area contributed by atoms with Crippen molar-refractivity contribution in [3.8, 4) is 18.1 Å². The van der Waals surface area contributed by atoms with E-state index in [1.54, 1.807) is 18.2 Å². The van der Waals surface area contributed by atoms with Crippen LogP contribution in [0.1, 0.15) is 26.3 Å². The number of benzene rings is 2. The molecule has 0 saturated heterocycles. The first kappa shape index (κ1) is 14.2. The highest BCUT2D eigenvalue weighted by Crippen LogP contribution is 2.14. The molecule has 0 aliphatic carbocycles. The number of hydrogen-bond acceptors (Lipinski definition) is 4. The van der Waals surface area contributed by atoms with Crippen molar-refractivity contribution in [1.29, 1.82) is 0 Å². The van der Waals surface area contributed by atoms with Crippen LogP contribution in [0.15, 0.2) is 48.5 Å². The molecule has 5 nitrogen and oxygen atoms in total. The van der Waals surface area contributed by atoms with E-state index < -0.39 is 11.9 Å². The van der Waals surface area contributed by atoms with Crippen molar-refractivity contribution in [1.82, 2.24) is 0 Å². The van der Waals surface area contributed by atoms with Gasteiger partial charge in [-0.25, -0.2) is 14.5 Å². The number of carboxylic acids is 1. The Labute approximate surface area is 120 Å². The van der Waals surface area contributed by atoms with E-state index in [2.05, 4.69) is 10.8 Å². The summed E-state index contributed by atoms with van der Waals surface area (Å²) in [5.74, 6) is 0.759. The Bertz CT molecular complexity index is 727. The van der Waals surface area contributed by atoms with Crippen molar-refractivity contribution < 1.29 is 24.5 Å². The molecule has 0 aliphatic rings. The monoisotopic (exact) mass is 282 g/mol. The van der Waals surface area contributed by atoms with E-state index in [1.165, 1.54) is 30.3 Å². The van der Waals surface area contributed by atoms with Crippen LogP contribution in [0.3, 0.4) is 0 Å². The zero-order valence-electron chi connectivity index (χ0n) is 10.8. The molecule has 0 fully saturated rings. The Morgan fingerprint density at radius 3 is 2.48 bits per heavy atom. The fraction of sp³-hybridized carbons (Fsp3) is 0. The van der Waals surface area contributed by atoms with E-state index in [9.17, 15) is 9.59 Å². The van der Waals surface area contributed by atoms with Crippen molar-refractivity contribution in [3.05, 3.63) is 65.2 Å². The maximum Gasteiger partial charge on any atom is 0.386 e. The third kappa shape index (κ3) is 3.61. The van der Waals surface area contributed by atoms with Crippen LogP contribution >= 0.6 is 0 Å². The van der Waals surface area contributed by atoms with Crippen molar-refractivity contribution in [2.24, 2.45) is 0 Å². The number of aromatic carboxylic acids is 1. The molecule has 0 radical (unpaired) electrons. The van der Waals surface area contributed by atoms with Gasteiger partial charge in [0.15, 0.2) is 5.75 Å². The van der Waals surface area contributed by atoms with Crippen LogP contribution in [-0.4, -0.2) is 17.0 Å². The minimum atomic E-state index is -1.13. The molecule has 0 bridgehead atoms. The molecule has 1 N–H and O–H groups in total. The molecular weight excluding hydrogens is 272 g/mol. The van der Waals surface area contributed by atoms with E-state index in [-0.39, 0.29) is 16.9 Å². The van der Waals surface area contributed by atoms with Gasteiger partial charge >= 0.3 is 11.9 Å². The third-order valence-corrected chi connectivity index (χ3v) is 2.56. The number of carbonyl (C=O) groups is 2. The normalized spacial score (nSPS) is 9.48. The van der Waals surface area contributed by atoms with Crippen molar-refractivity contribution in [2.45, 2.75) is 0 Å². The quantitative estimate of drug-likeness (QED) is 0.530. The first-order valence-electron chi connectivity index (χ1n) is 5.89. The Morgan fingerprint density at radius 1 is 1.05 bits per heavy atom.